The summed E-state index contributed by atoms with van der Waals surface area (Å²) in [7, 11) is 0. The average Bonchev–Trinajstić information content (AvgIpc) is 2.72. The van der Waals surface area contributed by atoms with Crippen molar-refractivity contribution in [1.29, 1.82) is 0 Å². The molecule has 0 saturated heterocycles. The van der Waals surface area contributed by atoms with Crippen LogP contribution in [0.5, 0.6) is 0 Å². The molecule has 118 valence electrons. The van der Waals surface area contributed by atoms with Gasteiger partial charge in [-0.15, -0.1) is 35.0 Å². The van der Waals surface area contributed by atoms with Gasteiger partial charge in [0.25, 0.3) is 0 Å². The lowest BCUT2D eigenvalue weighted by Gasteiger charge is -2.15. The Labute approximate surface area is 132 Å². The highest BCUT2D eigenvalue weighted by molar-refractivity contribution is 5.85. The van der Waals surface area contributed by atoms with E-state index in [0.717, 1.165) is 5.82 Å². The van der Waals surface area contributed by atoms with Gasteiger partial charge in [-0.2, -0.15) is 0 Å². The van der Waals surface area contributed by atoms with Crippen LogP contribution in [0.3, 0.4) is 0 Å². The molecule has 0 radical (unpaired) electrons. The van der Waals surface area contributed by atoms with Crippen LogP contribution in [0.1, 0.15) is 46.0 Å². The van der Waals surface area contributed by atoms with E-state index in [9.17, 15) is 4.79 Å². The van der Waals surface area contributed by atoms with Gasteiger partial charge in [0.15, 0.2) is 5.82 Å². The van der Waals surface area contributed by atoms with E-state index < -0.39 is 6.04 Å². The molecule has 0 saturated carbocycles. The number of hydrogen-bond donors (Lipinski definition) is 2. The van der Waals surface area contributed by atoms with Gasteiger partial charge in [0.2, 0.25) is 5.91 Å². The molecule has 6 nitrogen and oxygen atoms in total. The Morgan fingerprint density at radius 1 is 1.35 bits per heavy atom. The van der Waals surface area contributed by atoms with Crippen LogP contribution >= 0.6 is 24.8 Å². The van der Waals surface area contributed by atoms with Crippen molar-refractivity contribution in [3.8, 4) is 0 Å². The number of carbonyl (C=O) groups is 1. The first kappa shape index (κ1) is 21.4. The monoisotopic (exact) mass is 325 g/mol. The van der Waals surface area contributed by atoms with Crippen molar-refractivity contribution >= 4 is 30.7 Å². The lowest BCUT2D eigenvalue weighted by molar-refractivity contribution is -0.122. The van der Waals surface area contributed by atoms with Crippen molar-refractivity contribution in [1.82, 2.24) is 20.1 Å². The van der Waals surface area contributed by atoms with Crippen molar-refractivity contribution in [3.05, 3.63) is 12.2 Å². The molecule has 1 atom stereocenters. The number of aromatic nitrogens is 3. The molecule has 1 rings (SSSR count). The maximum Gasteiger partial charge on any atom is 0.237 e. The SMILES string of the molecule is CC(C)C[C@H](N)C(=O)NCc1nncn1C(C)C.Cl.Cl. The zero-order valence-corrected chi connectivity index (χ0v) is 14.0. The molecule has 0 spiro atoms. The second kappa shape index (κ2) is 9.96. The summed E-state index contributed by atoms with van der Waals surface area (Å²) in [5, 5.41) is 10.6. The second-order valence-electron chi connectivity index (χ2n) is 5.20. The van der Waals surface area contributed by atoms with E-state index in [2.05, 4.69) is 15.5 Å². The van der Waals surface area contributed by atoms with Crippen LogP contribution in [0.25, 0.3) is 0 Å². The Bertz CT molecular complexity index is 395. The van der Waals surface area contributed by atoms with Crippen molar-refractivity contribution in [2.75, 3.05) is 0 Å². The van der Waals surface area contributed by atoms with E-state index in [4.69, 9.17) is 5.73 Å². The third-order valence-electron chi connectivity index (χ3n) is 2.69. The molecule has 0 fully saturated rings. The van der Waals surface area contributed by atoms with Gasteiger partial charge in [0, 0.05) is 6.04 Å². The van der Waals surface area contributed by atoms with E-state index in [1.165, 1.54) is 0 Å². The smallest absolute Gasteiger partial charge is 0.237 e. The molecule has 0 bridgehead atoms. The van der Waals surface area contributed by atoms with E-state index in [1.807, 2.05) is 32.3 Å². The summed E-state index contributed by atoms with van der Waals surface area (Å²) in [6.07, 6.45) is 2.35. The molecule has 1 aromatic rings. The molecule has 0 aliphatic rings. The number of nitrogens with zero attached hydrogens (tertiary/aromatic N) is 3. The summed E-state index contributed by atoms with van der Waals surface area (Å²) in [6.45, 7) is 8.53. The highest BCUT2D eigenvalue weighted by atomic mass is 35.5. The molecule has 0 aromatic carbocycles. The zero-order chi connectivity index (χ0) is 13.7. The first-order chi connectivity index (χ1) is 8.41. The van der Waals surface area contributed by atoms with Gasteiger partial charge in [-0.25, -0.2) is 0 Å². The van der Waals surface area contributed by atoms with Gasteiger partial charge in [-0.05, 0) is 26.2 Å². The highest BCUT2D eigenvalue weighted by Crippen LogP contribution is 2.06. The summed E-state index contributed by atoms with van der Waals surface area (Å²) in [5.41, 5.74) is 5.80. The minimum Gasteiger partial charge on any atom is -0.347 e. The Hall–Kier alpha value is -0.850. The van der Waals surface area contributed by atoms with Crippen LogP contribution in [-0.4, -0.2) is 26.7 Å². The standard InChI is InChI=1S/C12H23N5O.2ClH/c1-8(2)5-10(13)12(18)14-6-11-16-15-7-17(11)9(3)4;;/h7-10H,5-6,13H2,1-4H3,(H,14,18);2*1H/t10-;;/m0../s1. The van der Waals surface area contributed by atoms with E-state index in [0.29, 0.717) is 18.9 Å². The van der Waals surface area contributed by atoms with Gasteiger partial charge in [0.05, 0.1) is 12.6 Å². The minimum atomic E-state index is -0.458. The Kier molecular flexibility index (Phi) is 10.7. The van der Waals surface area contributed by atoms with Crippen LogP contribution in [0, 0.1) is 5.92 Å². The van der Waals surface area contributed by atoms with Crippen LogP contribution in [0.2, 0.25) is 0 Å². The van der Waals surface area contributed by atoms with E-state index in [-0.39, 0.29) is 36.8 Å². The topological polar surface area (TPSA) is 85.8 Å². The number of rotatable bonds is 6. The van der Waals surface area contributed by atoms with Crippen LogP contribution in [-0.2, 0) is 11.3 Å². The molecule has 3 N–H and O–H groups in total. The maximum absolute atomic E-state index is 11.8. The minimum absolute atomic E-state index is 0. The second-order valence-corrected chi connectivity index (χ2v) is 5.20. The molecule has 1 aromatic heterocycles. The Morgan fingerprint density at radius 3 is 2.45 bits per heavy atom. The molecular formula is C12H25Cl2N5O. The Balaban J connectivity index is 0. The fourth-order valence-electron chi connectivity index (χ4n) is 1.74. The van der Waals surface area contributed by atoms with Gasteiger partial charge >= 0.3 is 0 Å². The zero-order valence-electron chi connectivity index (χ0n) is 12.4. The molecular weight excluding hydrogens is 301 g/mol. The predicted molar refractivity (Wildman–Crippen MR) is 84.2 cm³/mol. The molecule has 8 heteroatoms. The quantitative estimate of drug-likeness (QED) is 0.833. The summed E-state index contributed by atoms with van der Waals surface area (Å²) in [4.78, 5) is 11.8. The molecule has 0 aliphatic carbocycles. The third kappa shape index (κ3) is 6.54. The summed E-state index contributed by atoms with van der Waals surface area (Å²) in [6, 6.07) is -0.184. The third-order valence-corrected chi connectivity index (χ3v) is 2.69. The fourth-order valence-corrected chi connectivity index (χ4v) is 1.74. The van der Waals surface area contributed by atoms with Crippen molar-refractivity contribution in [3.63, 3.8) is 0 Å². The number of nitrogens with one attached hydrogen (secondary N) is 1. The summed E-state index contributed by atoms with van der Waals surface area (Å²) < 4.78 is 1.92. The van der Waals surface area contributed by atoms with Gasteiger partial charge < -0.3 is 15.6 Å². The Morgan fingerprint density at radius 2 is 1.95 bits per heavy atom. The summed E-state index contributed by atoms with van der Waals surface area (Å²) >= 11 is 0. The average molecular weight is 326 g/mol. The number of nitrogens with two attached hydrogens (primary N) is 1. The van der Waals surface area contributed by atoms with Gasteiger partial charge in [0.1, 0.15) is 6.33 Å². The van der Waals surface area contributed by atoms with Crippen molar-refractivity contribution < 1.29 is 4.79 Å². The number of halogens is 2. The molecule has 20 heavy (non-hydrogen) atoms. The number of amides is 1. The van der Waals surface area contributed by atoms with Crippen LogP contribution in [0.4, 0.5) is 0 Å². The number of hydrogen-bond acceptors (Lipinski definition) is 4. The fraction of sp³-hybridized carbons (Fsp3) is 0.750. The molecule has 0 unspecified atom stereocenters. The van der Waals surface area contributed by atoms with Crippen LogP contribution in [0.15, 0.2) is 6.33 Å². The molecule has 1 amide bonds. The van der Waals surface area contributed by atoms with Gasteiger partial charge in [-0.1, -0.05) is 13.8 Å². The first-order valence-corrected chi connectivity index (χ1v) is 6.33. The molecule has 1 heterocycles. The number of carbonyl (C=O) groups excluding carboxylic acids is 1. The van der Waals surface area contributed by atoms with Crippen molar-refractivity contribution in [2.45, 2.75) is 52.7 Å². The van der Waals surface area contributed by atoms with Gasteiger partial charge in [-0.3, -0.25) is 4.79 Å². The first-order valence-electron chi connectivity index (χ1n) is 6.33. The predicted octanol–water partition coefficient (Wildman–Crippen LogP) is 1.69. The maximum atomic E-state index is 11.8. The van der Waals surface area contributed by atoms with Crippen LogP contribution < -0.4 is 11.1 Å². The van der Waals surface area contributed by atoms with E-state index in [1.54, 1.807) is 6.33 Å². The lowest BCUT2D eigenvalue weighted by Crippen LogP contribution is -2.41. The lowest BCUT2D eigenvalue weighted by atomic mass is 10.0. The normalized spacial score (nSPS) is 11.8. The highest BCUT2D eigenvalue weighted by Gasteiger charge is 2.16. The summed E-state index contributed by atoms with van der Waals surface area (Å²) in [5.74, 6) is 1.02. The van der Waals surface area contributed by atoms with Crippen molar-refractivity contribution in [2.24, 2.45) is 11.7 Å². The largest absolute Gasteiger partial charge is 0.347 e. The van der Waals surface area contributed by atoms with E-state index >= 15 is 0 Å². The molecule has 0 aliphatic heterocycles.